The predicted octanol–water partition coefficient (Wildman–Crippen LogP) is 4.06. The van der Waals surface area contributed by atoms with Crippen LogP contribution in [0.5, 0.6) is 0 Å². The van der Waals surface area contributed by atoms with Crippen LogP contribution >= 0.6 is 0 Å². The fourth-order valence-electron chi connectivity index (χ4n) is 4.09. The summed E-state index contributed by atoms with van der Waals surface area (Å²) in [6.07, 6.45) is 12.8. The third-order valence-corrected chi connectivity index (χ3v) is 5.53. The van der Waals surface area contributed by atoms with Crippen LogP contribution in [0.3, 0.4) is 0 Å². The molecule has 1 N–H and O–H groups in total. The molecule has 0 spiro atoms. The topological polar surface area (TPSA) is 15.3 Å². The van der Waals surface area contributed by atoms with Crippen molar-refractivity contribution in [2.24, 2.45) is 11.3 Å². The van der Waals surface area contributed by atoms with Gasteiger partial charge in [-0.15, -0.1) is 0 Å². The van der Waals surface area contributed by atoms with Gasteiger partial charge < -0.3 is 10.2 Å². The molecule has 0 aromatic carbocycles. The summed E-state index contributed by atoms with van der Waals surface area (Å²) in [6.45, 7) is 11.2. The fourth-order valence-corrected chi connectivity index (χ4v) is 4.09. The highest BCUT2D eigenvalue weighted by molar-refractivity contribution is 4.88. The van der Waals surface area contributed by atoms with Gasteiger partial charge in [0.2, 0.25) is 0 Å². The highest BCUT2D eigenvalue weighted by Crippen LogP contribution is 2.36. The molecular formula is C18H36N2. The van der Waals surface area contributed by atoms with Gasteiger partial charge in [0.1, 0.15) is 0 Å². The van der Waals surface area contributed by atoms with E-state index in [1.165, 1.54) is 90.5 Å². The van der Waals surface area contributed by atoms with Crippen molar-refractivity contribution in [2.75, 3.05) is 32.7 Å². The minimum absolute atomic E-state index is 0.576. The highest BCUT2D eigenvalue weighted by Gasteiger charge is 2.33. The van der Waals surface area contributed by atoms with Crippen molar-refractivity contribution in [1.82, 2.24) is 10.2 Å². The van der Waals surface area contributed by atoms with E-state index in [1.54, 1.807) is 0 Å². The zero-order valence-electron chi connectivity index (χ0n) is 13.9. The number of likely N-dealkylation sites (tertiary alicyclic amines) is 1. The van der Waals surface area contributed by atoms with Gasteiger partial charge in [0.15, 0.2) is 0 Å². The molecule has 0 bridgehead atoms. The van der Waals surface area contributed by atoms with Crippen molar-refractivity contribution in [3.8, 4) is 0 Å². The summed E-state index contributed by atoms with van der Waals surface area (Å²) >= 11 is 0. The Labute approximate surface area is 126 Å². The standard InChI is InChI=1S/C18H36N2/c1-3-12-19-15-18(10-6-4-5-7-11-18)16-20-13-8-17(2)9-14-20/h17,19H,3-16H2,1-2H3. The van der Waals surface area contributed by atoms with Gasteiger partial charge in [0.25, 0.3) is 0 Å². The molecule has 2 rings (SSSR count). The first-order chi connectivity index (χ1) is 9.74. The minimum Gasteiger partial charge on any atom is -0.316 e. The highest BCUT2D eigenvalue weighted by atomic mass is 15.1. The Bertz CT molecular complexity index is 248. The van der Waals surface area contributed by atoms with Crippen LogP contribution in [-0.2, 0) is 0 Å². The van der Waals surface area contributed by atoms with Crippen LogP contribution in [0.25, 0.3) is 0 Å². The maximum Gasteiger partial charge on any atom is 0.00501 e. The van der Waals surface area contributed by atoms with E-state index in [9.17, 15) is 0 Å². The summed E-state index contributed by atoms with van der Waals surface area (Å²) in [6, 6.07) is 0. The van der Waals surface area contributed by atoms with Crippen LogP contribution in [0, 0.1) is 11.3 Å². The number of rotatable bonds is 6. The zero-order valence-corrected chi connectivity index (χ0v) is 13.9. The van der Waals surface area contributed by atoms with Crippen LogP contribution in [0.1, 0.15) is 71.6 Å². The molecule has 1 aliphatic heterocycles. The zero-order chi connectivity index (χ0) is 14.3. The van der Waals surface area contributed by atoms with Crippen LogP contribution in [0.4, 0.5) is 0 Å². The first kappa shape index (κ1) is 16.3. The van der Waals surface area contributed by atoms with E-state index in [2.05, 4.69) is 24.1 Å². The van der Waals surface area contributed by atoms with Crippen molar-refractivity contribution < 1.29 is 0 Å². The summed E-state index contributed by atoms with van der Waals surface area (Å²) in [4.78, 5) is 2.78. The van der Waals surface area contributed by atoms with Crippen molar-refractivity contribution in [3.05, 3.63) is 0 Å². The lowest BCUT2D eigenvalue weighted by Crippen LogP contribution is -2.46. The monoisotopic (exact) mass is 280 g/mol. The molecule has 118 valence electrons. The van der Waals surface area contributed by atoms with E-state index in [0.29, 0.717) is 5.41 Å². The Kier molecular flexibility index (Phi) is 6.83. The van der Waals surface area contributed by atoms with Crippen LogP contribution in [-0.4, -0.2) is 37.6 Å². The van der Waals surface area contributed by atoms with Crippen molar-refractivity contribution in [1.29, 1.82) is 0 Å². The number of nitrogens with zero attached hydrogens (tertiary/aromatic N) is 1. The lowest BCUT2D eigenvalue weighted by atomic mass is 9.79. The SMILES string of the molecule is CCCNCC1(CN2CCC(C)CC2)CCCCCC1. The van der Waals surface area contributed by atoms with E-state index in [-0.39, 0.29) is 0 Å². The van der Waals surface area contributed by atoms with Crippen molar-refractivity contribution in [3.63, 3.8) is 0 Å². The minimum atomic E-state index is 0.576. The number of nitrogens with one attached hydrogen (secondary N) is 1. The Morgan fingerprint density at radius 2 is 1.70 bits per heavy atom. The van der Waals surface area contributed by atoms with Gasteiger partial charge in [0, 0.05) is 13.1 Å². The normalized spacial score (nSPS) is 25.5. The molecule has 1 heterocycles. The average molecular weight is 280 g/mol. The maximum atomic E-state index is 3.75. The molecule has 0 amide bonds. The molecular weight excluding hydrogens is 244 g/mol. The molecule has 0 aromatic heterocycles. The smallest absolute Gasteiger partial charge is 0.00501 e. The summed E-state index contributed by atoms with van der Waals surface area (Å²) < 4.78 is 0. The number of piperidine rings is 1. The summed E-state index contributed by atoms with van der Waals surface area (Å²) in [5, 5.41) is 3.75. The molecule has 0 radical (unpaired) electrons. The van der Waals surface area contributed by atoms with E-state index < -0.39 is 0 Å². The van der Waals surface area contributed by atoms with E-state index in [0.717, 1.165) is 5.92 Å². The van der Waals surface area contributed by atoms with E-state index in [1.807, 2.05) is 0 Å². The third kappa shape index (κ3) is 5.04. The molecule has 2 nitrogen and oxygen atoms in total. The Morgan fingerprint density at radius 1 is 1.05 bits per heavy atom. The van der Waals surface area contributed by atoms with Gasteiger partial charge in [0.05, 0.1) is 0 Å². The molecule has 1 saturated heterocycles. The molecule has 1 aliphatic carbocycles. The summed E-state index contributed by atoms with van der Waals surface area (Å²) in [7, 11) is 0. The molecule has 2 heteroatoms. The van der Waals surface area contributed by atoms with E-state index in [4.69, 9.17) is 0 Å². The van der Waals surface area contributed by atoms with Crippen LogP contribution in [0.2, 0.25) is 0 Å². The average Bonchev–Trinajstić information content (AvgIpc) is 2.68. The number of hydrogen-bond donors (Lipinski definition) is 1. The van der Waals surface area contributed by atoms with Gasteiger partial charge in [-0.3, -0.25) is 0 Å². The van der Waals surface area contributed by atoms with E-state index >= 15 is 0 Å². The lowest BCUT2D eigenvalue weighted by molar-refractivity contribution is 0.0979. The molecule has 0 unspecified atom stereocenters. The first-order valence-electron chi connectivity index (χ1n) is 9.17. The molecule has 0 atom stereocenters. The lowest BCUT2D eigenvalue weighted by Gasteiger charge is -2.41. The predicted molar refractivity (Wildman–Crippen MR) is 88.1 cm³/mol. The Morgan fingerprint density at radius 3 is 2.30 bits per heavy atom. The first-order valence-corrected chi connectivity index (χ1v) is 9.17. The van der Waals surface area contributed by atoms with Crippen molar-refractivity contribution in [2.45, 2.75) is 71.6 Å². The Balaban J connectivity index is 1.90. The third-order valence-electron chi connectivity index (χ3n) is 5.53. The van der Waals surface area contributed by atoms with Crippen molar-refractivity contribution >= 4 is 0 Å². The second-order valence-corrected chi connectivity index (χ2v) is 7.55. The van der Waals surface area contributed by atoms with Crippen LogP contribution < -0.4 is 5.32 Å². The van der Waals surface area contributed by atoms with Gasteiger partial charge in [-0.05, 0) is 63.1 Å². The molecule has 2 fully saturated rings. The second-order valence-electron chi connectivity index (χ2n) is 7.55. The van der Waals surface area contributed by atoms with Gasteiger partial charge in [-0.25, -0.2) is 0 Å². The van der Waals surface area contributed by atoms with Gasteiger partial charge in [-0.2, -0.15) is 0 Å². The summed E-state index contributed by atoms with van der Waals surface area (Å²) in [5.41, 5.74) is 0.576. The molecule has 20 heavy (non-hydrogen) atoms. The molecule has 2 aliphatic rings. The summed E-state index contributed by atoms with van der Waals surface area (Å²) in [5.74, 6) is 0.953. The quantitative estimate of drug-likeness (QED) is 0.583. The fraction of sp³-hybridized carbons (Fsp3) is 1.00. The maximum absolute atomic E-state index is 3.75. The molecule has 1 saturated carbocycles. The largest absolute Gasteiger partial charge is 0.316 e. The molecule has 0 aromatic rings. The number of hydrogen-bond acceptors (Lipinski definition) is 2. The van der Waals surface area contributed by atoms with Crippen LogP contribution in [0.15, 0.2) is 0 Å². The van der Waals surface area contributed by atoms with Gasteiger partial charge >= 0.3 is 0 Å². The Hall–Kier alpha value is -0.0800. The van der Waals surface area contributed by atoms with Gasteiger partial charge in [-0.1, -0.05) is 39.5 Å². The second kappa shape index (κ2) is 8.38.